The maximum Gasteiger partial charge on any atom is 0.310 e. The fourth-order valence-electron chi connectivity index (χ4n) is 2.24. The largest absolute Gasteiger partial charge is 0.469 e. The van der Waals surface area contributed by atoms with Gasteiger partial charge in [-0.15, -0.1) is 0 Å². The van der Waals surface area contributed by atoms with Crippen molar-refractivity contribution in [2.75, 3.05) is 7.11 Å². The van der Waals surface area contributed by atoms with Crippen molar-refractivity contribution in [1.29, 1.82) is 0 Å². The lowest BCUT2D eigenvalue weighted by atomic mass is 9.89. The van der Waals surface area contributed by atoms with Gasteiger partial charge in [0.05, 0.1) is 13.0 Å². The summed E-state index contributed by atoms with van der Waals surface area (Å²) < 4.78 is 4.71. The number of hydrogen-bond donors (Lipinski definition) is 1. The summed E-state index contributed by atoms with van der Waals surface area (Å²) in [5.41, 5.74) is 0. The molecule has 3 atom stereocenters. The summed E-state index contributed by atoms with van der Waals surface area (Å²) in [6.45, 7) is 0. The smallest absolute Gasteiger partial charge is 0.310 e. The molecule has 62 valence electrons. The van der Waals surface area contributed by atoms with E-state index in [4.69, 9.17) is 4.74 Å². The molecule has 2 fully saturated rings. The zero-order chi connectivity index (χ0) is 7.84. The van der Waals surface area contributed by atoms with E-state index < -0.39 is 0 Å². The first-order chi connectivity index (χ1) is 5.31. The Labute approximate surface area is 66.1 Å². The van der Waals surface area contributed by atoms with E-state index in [-0.39, 0.29) is 11.9 Å². The molecular formula is C8H13NO2. The molecule has 2 bridgehead atoms. The molecule has 2 rings (SSSR count). The highest BCUT2D eigenvalue weighted by atomic mass is 16.5. The molecule has 2 saturated heterocycles. The van der Waals surface area contributed by atoms with Crippen LogP contribution in [-0.2, 0) is 9.53 Å². The average molecular weight is 155 g/mol. The van der Waals surface area contributed by atoms with Gasteiger partial charge in [-0.3, -0.25) is 4.79 Å². The van der Waals surface area contributed by atoms with Crippen molar-refractivity contribution in [3.8, 4) is 0 Å². The Hall–Kier alpha value is -0.570. The number of carbonyl (C=O) groups excluding carboxylic acids is 1. The fraction of sp³-hybridized carbons (Fsp3) is 0.875. The Kier molecular flexibility index (Phi) is 1.60. The van der Waals surface area contributed by atoms with Crippen molar-refractivity contribution >= 4 is 5.97 Å². The number of fused-ring (bicyclic) bond motifs is 2. The molecule has 0 saturated carbocycles. The third-order valence-corrected chi connectivity index (χ3v) is 2.80. The van der Waals surface area contributed by atoms with Gasteiger partial charge in [-0.1, -0.05) is 0 Å². The topological polar surface area (TPSA) is 38.3 Å². The summed E-state index contributed by atoms with van der Waals surface area (Å²) in [6, 6.07) is 0.997. The molecule has 0 aromatic heterocycles. The van der Waals surface area contributed by atoms with E-state index in [0.29, 0.717) is 12.1 Å². The van der Waals surface area contributed by atoms with Crippen molar-refractivity contribution in [3.63, 3.8) is 0 Å². The van der Waals surface area contributed by atoms with E-state index >= 15 is 0 Å². The molecule has 2 heterocycles. The monoisotopic (exact) mass is 155 g/mol. The molecule has 2 aliphatic heterocycles. The van der Waals surface area contributed by atoms with Crippen LogP contribution in [0.2, 0.25) is 0 Å². The SMILES string of the molecule is COC(=O)C1C[C@@H]2CC[C@H]1N2. The van der Waals surface area contributed by atoms with Gasteiger partial charge in [-0.2, -0.15) is 0 Å². The summed E-state index contributed by atoms with van der Waals surface area (Å²) in [6.07, 6.45) is 3.36. The Morgan fingerprint density at radius 1 is 1.55 bits per heavy atom. The van der Waals surface area contributed by atoms with Gasteiger partial charge < -0.3 is 10.1 Å². The predicted octanol–water partition coefficient (Wildman–Crippen LogP) is 0.300. The van der Waals surface area contributed by atoms with Gasteiger partial charge in [0.2, 0.25) is 0 Å². The molecule has 0 aromatic carbocycles. The first-order valence-corrected chi connectivity index (χ1v) is 4.15. The van der Waals surface area contributed by atoms with Crippen molar-refractivity contribution in [3.05, 3.63) is 0 Å². The van der Waals surface area contributed by atoms with Crippen LogP contribution >= 0.6 is 0 Å². The summed E-state index contributed by atoms with van der Waals surface area (Å²) in [7, 11) is 1.47. The van der Waals surface area contributed by atoms with Crippen LogP contribution < -0.4 is 5.32 Å². The van der Waals surface area contributed by atoms with Crippen LogP contribution in [0, 0.1) is 5.92 Å². The molecular weight excluding hydrogens is 142 g/mol. The second kappa shape index (κ2) is 2.48. The molecule has 11 heavy (non-hydrogen) atoms. The van der Waals surface area contributed by atoms with E-state index in [9.17, 15) is 4.79 Å². The number of hydrogen-bond acceptors (Lipinski definition) is 3. The van der Waals surface area contributed by atoms with E-state index in [0.717, 1.165) is 12.8 Å². The molecule has 0 aromatic rings. The minimum Gasteiger partial charge on any atom is -0.469 e. The predicted molar refractivity (Wildman–Crippen MR) is 40.1 cm³/mol. The molecule has 1 unspecified atom stereocenters. The van der Waals surface area contributed by atoms with Crippen LogP contribution in [-0.4, -0.2) is 25.2 Å². The highest BCUT2D eigenvalue weighted by Crippen LogP contribution is 2.33. The lowest BCUT2D eigenvalue weighted by molar-refractivity contribution is -0.146. The van der Waals surface area contributed by atoms with Gasteiger partial charge in [0.15, 0.2) is 0 Å². The Morgan fingerprint density at radius 2 is 2.36 bits per heavy atom. The van der Waals surface area contributed by atoms with Crippen LogP contribution in [0.1, 0.15) is 19.3 Å². The first kappa shape index (κ1) is 7.10. The van der Waals surface area contributed by atoms with Crippen molar-refractivity contribution < 1.29 is 9.53 Å². The fourth-order valence-corrected chi connectivity index (χ4v) is 2.24. The van der Waals surface area contributed by atoms with Crippen molar-refractivity contribution in [2.45, 2.75) is 31.3 Å². The third-order valence-electron chi connectivity index (χ3n) is 2.80. The maximum atomic E-state index is 11.1. The lowest BCUT2D eigenvalue weighted by Gasteiger charge is -2.16. The van der Waals surface area contributed by atoms with Crippen molar-refractivity contribution in [1.82, 2.24) is 5.32 Å². The molecule has 0 spiro atoms. The normalized spacial score (nSPS) is 41.0. The Bertz CT molecular complexity index is 181. The van der Waals surface area contributed by atoms with Crippen LogP contribution in [0.4, 0.5) is 0 Å². The van der Waals surface area contributed by atoms with Gasteiger partial charge in [-0.25, -0.2) is 0 Å². The summed E-state index contributed by atoms with van der Waals surface area (Å²) in [4.78, 5) is 11.1. The number of nitrogens with one attached hydrogen (secondary N) is 1. The molecule has 2 aliphatic rings. The zero-order valence-electron chi connectivity index (χ0n) is 6.67. The van der Waals surface area contributed by atoms with Crippen LogP contribution in [0.3, 0.4) is 0 Å². The third kappa shape index (κ3) is 1.03. The Balaban J connectivity index is 2.02. The molecule has 0 aliphatic carbocycles. The minimum atomic E-state index is -0.0373. The van der Waals surface area contributed by atoms with Gasteiger partial charge >= 0.3 is 5.97 Å². The van der Waals surface area contributed by atoms with Gasteiger partial charge in [0, 0.05) is 12.1 Å². The summed E-state index contributed by atoms with van der Waals surface area (Å²) in [5, 5.41) is 3.39. The standard InChI is InChI=1S/C8H13NO2/c1-11-8(10)6-4-5-2-3-7(6)9-5/h5-7,9H,2-4H2,1H3/t5-,6?,7+/m0/s1. The van der Waals surface area contributed by atoms with E-state index in [1.807, 2.05) is 0 Å². The summed E-state index contributed by atoms with van der Waals surface area (Å²) >= 11 is 0. The molecule has 1 N–H and O–H groups in total. The van der Waals surface area contributed by atoms with Crippen LogP contribution in [0.25, 0.3) is 0 Å². The Morgan fingerprint density at radius 3 is 2.82 bits per heavy atom. The van der Waals surface area contributed by atoms with Gasteiger partial charge in [0.1, 0.15) is 0 Å². The highest BCUT2D eigenvalue weighted by Gasteiger charge is 2.43. The zero-order valence-corrected chi connectivity index (χ0v) is 6.67. The van der Waals surface area contributed by atoms with Crippen LogP contribution in [0.15, 0.2) is 0 Å². The van der Waals surface area contributed by atoms with E-state index in [1.54, 1.807) is 0 Å². The van der Waals surface area contributed by atoms with Gasteiger partial charge in [-0.05, 0) is 19.3 Å². The first-order valence-electron chi connectivity index (χ1n) is 4.15. The highest BCUT2D eigenvalue weighted by molar-refractivity contribution is 5.74. The van der Waals surface area contributed by atoms with E-state index in [2.05, 4.69) is 5.32 Å². The lowest BCUT2D eigenvalue weighted by Crippen LogP contribution is -2.29. The number of ether oxygens (including phenoxy) is 1. The molecule has 3 heteroatoms. The number of rotatable bonds is 1. The molecule has 0 amide bonds. The quantitative estimate of drug-likeness (QED) is 0.553. The van der Waals surface area contributed by atoms with Crippen molar-refractivity contribution in [2.24, 2.45) is 5.92 Å². The minimum absolute atomic E-state index is 0.0373. The molecule has 3 nitrogen and oxygen atoms in total. The number of methoxy groups -OCH3 is 1. The van der Waals surface area contributed by atoms with Gasteiger partial charge in [0.25, 0.3) is 0 Å². The number of esters is 1. The maximum absolute atomic E-state index is 11.1. The van der Waals surface area contributed by atoms with Crippen LogP contribution in [0.5, 0.6) is 0 Å². The summed E-state index contributed by atoms with van der Waals surface area (Å²) in [5.74, 6) is 0.100. The number of carbonyl (C=O) groups is 1. The molecule has 0 radical (unpaired) electrons. The second-order valence-corrected chi connectivity index (χ2v) is 3.41. The average Bonchev–Trinajstić information content (AvgIpc) is 2.62. The second-order valence-electron chi connectivity index (χ2n) is 3.41. The van der Waals surface area contributed by atoms with E-state index in [1.165, 1.54) is 13.5 Å².